The highest BCUT2D eigenvalue weighted by atomic mass is 31.2. The molecule has 1 aromatic carbocycles. The third-order valence-corrected chi connectivity index (χ3v) is 10.1. The van der Waals surface area contributed by atoms with Gasteiger partial charge in [0.1, 0.15) is 11.5 Å². The first-order valence-corrected chi connectivity index (χ1v) is 14.2. The van der Waals surface area contributed by atoms with Gasteiger partial charge in [0.15, 0.2) is 5.82 Å². The highest BCUT2D eigenvalue weighted by Gasteiger charge is 2.51. The van der Waals surface area contributed by atoms with Crippen molar-refractivity contribution < 1.29 is 36.5 Å². The molecular weight excluding hydrogens is 470 g/mol. The Morgan fingerprint density at radius 1 is 0.879 bits per heavy atom. The van der Waals surface area contributed by atoms with Gasteiger partial charge in [-0.05, 0) is 51.8 Å². The number of methoxy groups -OCH3 is 1. The van der Waals surface area contributed by atoms with E-state index < -0.39 is 20.7 Å². The standard InChI is InChI=1S/C21H34N2O8P2/c1-6-27-32(24,28-7-2)21(33(25,29-8-3)30-9-4)22-20-16-19(31-23-20)15-12-17-10-13-18(26-5)14-11-17/h10-11,13-14,16,21H,6-9,12,15H2,1-5H3,(H,22,23). The zero-order valence-corrected chi connectivity index (χ0v) is 21.6. The molecule has 2 rings (SSSR count). The second-order valence-electron chi connectivity index (χ2n) is 6.80. The summed E-state index contributed by atoms with van der Waals surface area (Å²) in [5.41, 5.74) is -0.307. The second-order valence-corrected chi connectivity index (χ2v) is 11.4. The number of hydrogen-bond acceptors (Lipinski definition) is 10. The lowest BCUT2D eigenvalue weighted by atomic mass is 10.1. The number of nitrogens with one attached hydrogen (secondary N) is 1. The normalized spacial score (nSPS) is 12.3. The van der Waals surface area contributed by atoms with Gasteiger partial charge in [0, 0.05) is 12.5 Å². The summed E-state index contributed by atoms with van der Waals surface area (Å²) in [6, 6.07) is 9.40. The maximum absolute atomic E-state index is 13.6. The minimum absolute atomic E-state index is 0.0830. The number of rotatable bonds is 16. The van der Waals surface area contributed by atoms with Crippen molar-refractivity contribution in [2.45, 2.75) is 46.1 Å². The first-order valence-electron chi connectivity index (χ1n) is 11.0. The van der Waals surface area contributed by atoms with Crippen LogP contribution < -0.4 is 10.1 Å². The van der Waals surface area contributed by atoms with Crippen LogP contribution in [0.1, 0.15) is 39.0 Å². The summed E-state index contributed by atoms with van der Waals surface area (Å²) in [4.78, 5) is 0. The van der Waals surface area contributed by atoms with Crippen molar-refractivity contribution in [3.8, 4) is 5.75 Å². The van der Waals surface area contributed by atoms with Crippen LogP contribution in [0.15, 0.2) is 34.9 Å². The molecule has 1 aromatic heterocycles. The summed E-state index contributed by atoms with van der Waals surface area (Å²) in [5, 5.41) is 6.88. The molecule has 0 saturated carbocycles. The molecule has 0 bridgehead atoms. The fourth-order valence-corrected chi connectivity index (χ4v) is 8.02. The number of ether oxygens (including phenoxy) is 1. The number of aryl methyl sites for hydroxylation is 2. The van der Waals surface area contributed by atoms with E-state index in [1.54, 1.807) is 40.9 Å². The number of nitrogens with zero attached hydrogens (tertiary/aromatic N) is 1. The Morgan fingerprint density at radius 3 is 1.85 bits per heavy atom. The lowest BCUT2D eigenvalue weighted by Gasteiger charge is -2.31. The molecule has 0 fully saturated rings. The molecule has 0 aliphatic heterocycles. The quantitative estimate of drug-likeness (QED) is 0.285. The van der Waals surface area contributed by atoms with E-state index in [2.05, 4.69) is 10.5 Å². The molecule has 0 aliphatic carbocycles. The largest absolute Gasteiger partial charge is 0.497 e. The minimum atomic E-state index is -3.96. The number of hydrogen-bond donors (Lipinski definition) is 1. The molecule has 0 unspecified atom stereocenters. The SMILES string of the molecule is CCOP(=O)(OCC)C(Nc1cc(CCc2ccc(OC)cc2)on1)P(=O)(OCC)OCC. The molecule has 186 valence electrons. The molecular formula is C21H34N2O8P2. The molecule has 0 atom stereocenters. The number of benzene rings is 1. The van der Waals surface area contributed by atoms with E-state index in [0.717, 1.165) is 17.7 Å². The van der Waals surface area contributed by atoms with Crippen LogP contribution in [0.2, 0.25) is 0 Å². The van der Waals surface area contributed by atoms with Crippen LogP contribution in [0.5, 0.6) is 5.75 Å². The maximum Gasteiger partial charge on any atom is 0.365 e. The van der Waals surface area contributed by atoms with Crippen LogP contribution >= 0.6 is 15.2 Å². The summed E-state index contributed by atoms with van der Waals surface area (Å²) < 4.78 is 59.5. The van der Waals surface area contributed by atoms with E-state index in [1.165, 1.54) is 0 Å². The molecule has 0 spiro atoms. The molecule has 0 amide bonds. The highest BCUT2D eigenvalue weighted by molar-refractivity contribution is 7.72. The first-order chi connectivity index (χ1) is 15.8. The van der Waals surface area contributed by atoms with Crippen molar-refractivity contribution in [2.75, 3.05) is 38.9 Å². The van der Waals surface area contributed by atoms with Gasteiger partial charge < -0.3 is 32.7 Å². The van der Waals surface area contributed by atoms with Gasteiger partial charge in [0.2, 0.25) is 5.52 Å². The third-order valence-electron chi connectivity index (χ3n) is 4.49. The summed E-state index contributed by atoms with van der Waals surface area (Å²) in [6.07, 6.45) is 1.30. The lowest BCUT2D eigenvalue weighted by Crippen LogP contribution is -2.25. The first kappa shape index (κ1) is 27.6. The van der Waals surface area contributed by atoms with Crippen molar-refractivity contribution >= 4 is 21.0 Å². The van der Waals surface area contributed by atoms with Gasteiger partial charge >= 0.3 is 15.2 Å². The average molecular weight is 504 g/mol. The van der Waals surface area contributed by atoms with Gasteiger partial charge in [0.05, 0.1) is 33.5 Å². The van der Waals surface area contributed by atoms with Crippen LogP contribution in [0, 0.1) is 0 Å². The predicted octanol–water partition coefficient (Wildman–Crippen LogP) is 5.70. The number of anilines is 1. The summed E-state index contributed by atoms with van der Waals surface area (Å²) in [7, 11) is -6.29. The van der Waals surface area contributed by atoms with E-state index in [-0.39, 0.29) is 32.2 Å². The molecule has 1 heterocycles. The van der Waals surface area contributed by atoms with Crippen LogP contribution in [0.3, 0.4) is 0 Å². The van der Waals surface area contributed by atoms with Crippen LogP contribution in [-0.2, 0) is 40.1 Å². The fraction of sp³-hybridized carbons (Fsp3) is 0.571. The monoisotopic (exact) mass is 504 g/mol. The summed E-state index contributed by atoms with van der Waals surface area (Å²) >= 11 is 0. The van der Waals surface area contributed by atoms with Gasteiger partial charge in [-0.3, -0.25) is 9.13 Å². The molecule has 0 saturated heterocycles. The molecule has 2 aromatic rings. The van der Waals surface area contributed by atoms with Crippen molar-refractivity contribution in [3.05, 3.63) is 41.7 Å². The van der Waals surface area contributed by atoms with E-state index in [9.17, 15) is 9.13 Å². The van der Waals surface area contributed by atoms with Crippen LogP contribution in [0.25, 0.3) is 0 Å². The molecule has 12 heteroatoms. The average Bonchev–Trinajstić information content (AvgIpc) is 3.24. The molecule has 0 aliphatic rings. The van der Waals surface area contributed by atoms with Crippen molar-refractivity contribution in [2.24, 2.45) is 0 Å². The van der Waals surface area contributed by atoms with Crippen LogP contribution in [0.4, 0.5) is 5.82 Å². The molecule has 10 nitrogen and oxygen atoms in total. The van der Waals surface area contributed by atoms with Gasteiger partial charge in [-0.2, -0.15) is 0 Å². The van der Waals surface area contributed by atoms with Crippen molar-refractivity contribution in [3.63, 3.8) is 0 Å². The van der Waals surface area contributed by atoms with Crippen LogP contribution in [-0.4, -0.2) is 44.2 Å². The van der Waals surface area contributed by atoms with Gasteiger partial charge in [-0.1, -0.05) is 17.3 Å². The third kappa shape index (κ3) is 7.67. The molecule has 0 radical (unpaired) electrons. The smallest absolute Gasteiger partial charge is 0.365 e. The number of aromatic nitrogens is 1. The fourth-order valence-electron chi connectivity index (χ4n) is 3.10. The summed E-state index contributed by atoms with van der Waals surface area (Å²) in [6.45, 7) is 7.01. The molecule has 33 heavy (non-hydrogen) atoms. The Hall–Kier alpha value is -1.67. The Balaban J connectivity index is 2.23. The zero-order chi connectivity index (χ0) is 24.3. The van der Waals surface area contributed by atoms with Gasteiger partial charge in [-0.15, -0.1) is 0 Å². The zero-order valence-electron chi connectivity index (χ0n) is 19.8. The van der Waals surface area contributed by atoms with E-state index in [1.807, 2.05) is 24.3 Å². The Bertz CT molecular complexity index is 885. The van der Waals surface area contributed by atoms with E-state index >= 15 is 0 Å². The predicted molar refractivity (Wildman–Crippen MR) is 126 cm³/mol. The van der Waals surface area contributed by atoms with E-state index in [4.69, 9.17) is 27.4 Å². The van der Waals surface area contributed by atoms with E-state index in [0.29, 0.717) is 12.2 Å². The Labute approximate surface area is 195 Å². The van der Waals surface area contributed by atoms with Gasteiger partial charge in [-0.25, -0.2) is 0 Å². The highest BCUT2D eigenvalue weighted by Crippen LogP contribution is 2.70. The lowest BCUT2D eigenvalue weighted by molar-refractivity contribution is 0.198. The Kier molecular flexibility index (Phi) is 11.1. The second kappa shape index (κ2) is 13.3. The van der Waals surface area contributed by atoms with Crippen molar-refractivity contribution in [1.82, 2.24) is 5.16 Å². The molecule has 1 N–H and O–H groups in total. The minimum Gasteiger partial charge on any atom is -0.497 e. The topological polar surface area (TPSA) is 118 Å². The van der Waals surface area contributed by atoms with Gasteiger partial charge in [0.25, 0.3) is 0 Å². The summed E-state index contributed by atoms with van der Waals surface area (Å²) in [5.74, 6) is 1.61. The Morgan fingerprint density at radius 2 is 1.39 bits per heavy atom. The maximum atomic E-state index is 13.6. The van der Waals surface area contributed by atoms with Crippen molar-refractivity contribution in [1.29, 1.82) is 0 Å².